The Morgan fingerprint density at radius 3 is 2.61 bits per heavy atom. The number of pyridine rings is 1. The van der Waals surface area contributed by atoms with Gasteiger partial charge in [0, 0.05) is 35.6 Å². The molecule has 1 saturated carbocycles. The first-order valence-corrected chi connectivity index (χ1v) is 14.3. The van der Waals surface area contributed by atoms with Crippen molar-refractivity contribution in [3.63, 3.8) is 0 Å². The first kappa shape index (κ1) is 28.1. The highest BCUT2D eigenvalue weighted by atomic mass is 19.1. The number of rotatable bonds is 9. The van der Waals surface area contributed by atoms with Crippen LogP contribution in [0.1, 0.15) is 39.3 Å². The van der Waals surface area contributed by atoms with Crippen molar-refractivity contribution in [1.82, 2.24) is 14.5 Å². The van der Waals surface area contributed by atoms with Crippen LogP contribution < -0.4 is 4.74 Å². The van der Waals surface area contributed by atoms with Crippen molar-refractivity contribution in [3.05, 3.63) is 112 Å². The molecule has 10 heteroatoms. The van der Waals surface area contributed by atoms with Gasteiger partial charge in [-0.3, -0.25) is 0 Å². The number of carboxylic acid groups (broad SMARTS) is 1. The fraction of sp³-hybridized carbons (Fsp3) is 0.265. The second-order valence-electron chi connectivity index (χ2n) is 11.7. The first-order chi connectivity index (χ1) is 21.2. The summed E-state index contributed by atoms with van der Waals surface area (Å²) >= 11 is 0. The summed E-state index contributed by atoms with van der Waals surface area (Å²) in [5.74, 6) is -1.67. The van der Waals surface area contributed by atoms with E-state index in [1.165, 1.54) is 12.1 Å². The van der Waals surface area contributed by atoms with Gasteiger partial charge in [-0.05, 0) is 72.9 Å². The van der Waals surface area contributed by atoms with Crippen LogP contribution in [0.2, 0.25) is 0 Å². The number of ether oxygens (including phenoxy) is 2. The molecular formula is C34H28F3N3O4. The van der Waals surface area contributed by atoms with E-state index in [2.05, 4.69) is 4.98 Å². The van der Waals surface area contributed by atoms with Crippen LogP contribution in [0.5, 0.6) is 5.88 Å². The molecule has 224 valence electrons. The number of carboxylic acids is 1. The van der Waals surface area contributed by atoms with E-state index >= 15 is 8.78 Å². The van der Waals surface area contributed by atoms with Gasteiger partial charge >= 0.3 is 5.97 Å². The summed E-state index contributed by atoms with van der Waals surface area (Å²) in [6.07, 6.45) is 0.999. The molecule has 2 aromatic heterocycles. The Morgan fingerprint density at radius 1 is 1.02 bits per heavy atom. The predicted molar refractivity (Wildman–Crippen MR) is 156 cm³/mol. The van der Waals surface area contributed by atoms with E-state index < -0.39 is 23.4 Å². The minimum Gasteiger partial charge on any atom is -0.478 e. The zero-order chi connectivity index (χ0) is 30.6. The smallest absolute Gasteiger partial charge is 0.335 e. The molecule has 0 amide bonds. The molecular weight excluding hydrogens is 571 g/mol. The number of imidazole rings is 1. The molecule has 1 aliphatic carbocycles. The van der Waals surface area contributed by atoms with Gasteiger partial charge < -0.3 is 19.1 Å². The molecule has 44 heavy (non-hydrogen) atoms. The average molecular weight is 600 g/mol. The van der Waals surface area contributed by atoms with E-state index in [-0.39, 0.29) is 46.7 Å². The number of aryl methyl sites for hydroxylation is 1. The lowest BCUT2D eigenvalue weighted by atomic mass is 10.0. The topological polar surface area (TPSA) is 86.5 Å². The predicted octanol–water partition coefficient (Wildman–Crippen LogP) is 6.73. The average Bonchev–Trinajstić information content (AvgIpc) is 3.35. The number of aromatic carboxylic acids is 1. The molecule has 5 aromatic rings. The lowest BCUT2D eigenvalue weighted by molar-refractivity contribution is 0.0697. The Labute approximate surface area is 250 Å². The van der Waals surface area contributed by atoms with Crippen LogP contribution in [0.4, 0.5) is 13.2 Å². The Morgan fingerprint density at radius 2 is 1.86 bits per heavy atom. The molecule has 2 fully saturated rings. The van der Waals surface area contributed by atoms with E-state index in [1.54, 1.807) is 49.4 Å². The molecule has 0 bridgehead atoms. The fourth-order valence-electron chi connectivity index (χ4n) is 6.08. The van der Waals surface area contributed by atoms with E-state index in [4.69, 9.17) is 14.5 Å². The molecule has 0 radical (unpaired) electrons. The maximum Gasteiger partial charge on any atom is 0.335 e. The fourth-order valence-corrected chi connectivity index (χ4v) is 6.08. The first-order valence-electron chi connectivity index (χ1n) is 14.3. The summed E-state index contributed by atoms with van der Waals surface area (Å²) in [6, 6.07) is 16.5. The molecule has 2 atom stereocenters. The maximum absolute atomic E-state index is 15.6. The van der Waals surface area contributed by atoms with Gasteiger partial charge in [-0.2, -0.15) is 0 Å². The summed E-state index contributed by atoms with van der Waals surface area (Å²) in [7, 11) is 0. The number of hydrogen-bond donors (Lipinski definition) is 1. The zero-order valence-electron chi connectivity index (χ0n) is 23.8. The Balaban J connectivity index is 1.17. The molecule has 7 nitrogen and oxygen atoms in total. The molecule has 3 heterocycles. The van der Waals surface area contributed by atoms with Crippen molar-refractivity contribution in [2.45, 2.75) is 32.9 Å². The van der Waals surface area contributed by atoms with Crippen LogP contribution in [0.15, 0.2) is 66.7 Å². The molecule has 7 rings (SSSR count). The Kier molecular flexibility index (Phi) is 6.88. The van der Waals surface area contributed by atoms with Crippen LogP contribution in [0.25, 0.3) is 22.3 Å². The van der Waals surface area contributed by atoms with Crippen LogP contribution in [-0.2, 0) is 24.3 Å². The minimum atomic E-state index is -1.05. The highest BCUT2D eigenvalue weighted by Gasteiger charge is 2.58. The second kappa shape index (κ2) is 10.8. The molecule has 2 unspecified atom stereocenters. The minimum absolute atomic E-state index is 0.000412. The third kappa shape index (κ3) is 5.19. The highest BCUT2D eigenvalue weighted by Crippen LogP contribution is 2.58. The highest BCUT2D eigenvalue weighted by molar-refractivity contribution is 5.92. The van der Waals surface area contributed by atoms with Gasteiger partial charge in [-0.25, -0.2) is 27.9 Å². The second-order valence-corrected chi connectivity index (χ2v) is 11.7. The largest absolute Gasteiger partial charge is 0.478 e. The van der Waals surface area contributed by atoms with E-state index in [1.807, 2.05) is 4.57 Å². The number of nitrogens with zero attached hydrogens (tertiary/aromatic N) is 3. The zero-order valence-corrected chi connectivity index (χ0v) is 23.8. The van der Waals surface area contributed by atoms with Gasteiger partial charge in [0.05, 0.1) is 35.5 Å². The van der Waals surface area contributed by atoms with Gasteiger partial charge in [-0.15, -0.1) is 0 Å². The molecule has 0 spiro atoms. The standard InChI is InChI=1S/C34H28F3N3O4/c1-19-5-6-21(25(35)9-19)15-44-32-4-2-3-28(39-32)24-13-26(36)22(10-27(24)37)12-31-38-29-8-7-20(33(41)42)11-30(29)40(31)17-34-14-23(34)16-43-18-34/h2-11,13,23H,12,14-18H2,1H3,(H,41,42). The molecule has 1 aliphatic heterocycles. The van der Waals surface area contributed by atoms with Crippen LogP contribution in [-0.4, -0.2) is 38.8 Å². The summed E-state index contributed by atoms with van der Waals surface area (Å²) in [4.78, 5) is 20.7. The van der Waals surface area contributed by atoms with Crippen molar-refractivity contribution < 1.29 is 32.5 Å². The van der Waals surface area contributed by atoms with E-state index in [9.17, 15) is 14.3 Å². The quantitative estimate of drug-likeness (QED) is 0.202. The monoisotopic (exact) mass is 599 g/mol. The number of fused-ring (bicyclic) bond motifs is 2. The third-order valence-electron chi connectivity index (χ3n) is 8.68. The van der Waals surface area contributed by atoms with Gasteiger partial charge in [0.25, 0.3) is 0 Å². The molecule has 2 aliphatic rings. The number of halogens is 3. The Hall–Kier alpha value is -4.70. The van der Waals surface area contributed by atoms with Crippen molar-refractivity contribution in [1.29, 1.82) is 0 Å². The number of benzene rings is 3. The van der Waals surface area contributed by atoms with Gasteiger partial charge in [0.15, 0.2) is 0 Å². The number of carbonyl (C=O) groups is 1. The van der Waals surface area contributed by atoms with Crippen molar-refractivity contribution in [2.75, 3.05) is 13.2 Å². The summed E-state index contributed by atoms with van der Waals surface area (Å²) in [5, 5.41) is 9.56. The van der Waals surface area contributed by atoms with Crippen LogP contribution in [0.3, 0.4) is 0 Å². The van der Waals surface area contributed by atoms with Crippen molar-refractivity contribution in [3.8, 4) is 17.1 Å². The van der Waals surface area contributed by atoms with Gasteiger partial charge in [-0.1, -0.05) is 18.2 Å². The molecule has 1 saturated heterocycles. The summed E-state index contributed by atoms with van der Waals surface area (Å²) < 4.78 is 58.6. The van der Waals surface area contributed by atoms with Crippen LogP contribution >= 0.6 is 0 Å². The molecule has 1 N–H and O–H groups in total. The lowest BCUT2D eigenvalue weighted by Crippen LogP contribution is -2.18. The summed E-state index contributed by atoms with van der Waals surface area (Å²) in [5.41, 5.74) is 2.67. The third-order valence-corrected chi connectivity index (χ3v) is 8.68. The van der Waals surface area contributed by atoms with E-state index in [0.29, 0.717) is 48.1 Å². The van der Waals surface area contributed by atoms with E-state index in [0.717, 1.165) is 24.1 Å². The van der Waals surface area contributed by atoms with Crippen molar-refractivity contribution >= 4 is 17.0 Å². The van der Waals surface area contributed by atoms with Crippen LogP contribution in [0, 0.1) is 35.7 Å². The Bertz CT molecular complexity index is 1940. The van der Waals surface area contributed by atoms with Gasteiger partial charge in [0.2, 0.25) is 5.88 Å². The number of aromatic nitrogens is 3. The van der Waals surface area contributed by atoms with Crippen molar-refractivity contribution in [2.24, 2.45) is 11.3 Å². The summed E-state index contributed by atoms with van der Waals surface area (Å²) in [6.45, 7) is 3.56. The SMILES string of the molecule is Cc1ccc(COc2cccc(-c3cc(F)c(Cc4nc5ccc(C(=O)O)cc5n4CC45COCC4C5)cc3F)n2)c(F)c1. The lowest BCUT2D eigenvalue weighted by Gasteiger charge is -2.16. The van der Waals surface area contributed by atoms with Gasteiger partial charge in [0.1, 0.15) is 29.9 Å². The maximum atomic E-state index is 15.6. The normalized spacial score (nSPS) is 18.9. The molecule has 3 aromatic carbocycles. The number of hydrogen-bond acceptors (Lipinski definition) is 5.